The molecule has 3 nitrogen and oxygen atoms in total. The Labute approximate surface area is 124 Å². The number of aryl methyl sites for hydroxylation is 1. The molecule has 0 radical (unpaired) electrons. The summed E-state index contributed by atoms with van der Waals surface area (Å²) in [5.41, 5.74) is 1.57. The van der Waals surface area contributed by atoms with E-state index in [4.69, 9.17) is 4.74 Å². The largest absolute Gasteiger partial charge is 0.497 e. The van der Waals surface area contributed by atoms with Crippen LogP contribution in [0, 0.1) is 18.6 Å². The van der Waals surface area contributed by atoms with E-state index in [9.17, 15) is 8.78 Å². The molecule has 6 heteroatoms. The maximum absolute atomic E-state index is 13.7. The number of hydrogen-bond donors (Lipinski definition) is 1. The third-order valence-electron chi connectivity index (χ3n) is 2.69. The molecule has 0 aliphatic rings. The highest BCUT2D eigenvalue weighted by Gasteiger charge is 2.08. The number of rotatable bonds is 4. The minimum atomic E-state index is -0.530. The van der Waals surface area contributed by atoms with Gasteiger partial charge in [-0.15, -0.1) is 0 Å². The van der Waals surface area contributed by atoms with Crippen LogP contribution in [0.15, 0.2) is 28.7 Å². The van der Waals surface area contributed by atoms with E-state index >= 15 is 0 Å². The van der Waals surface area contributed by atoms with Crippen LogP contribution in [0.3, 0.4) is 0 Å². The van der Waals surface area contributed by atoms with Crippen molar-refractivity contribution < 1.29 is 13.5 Å². The Hall–Kier alpha value is -1.69. The normalized spacial score (nSPS) is 10.4. The van der Waals surface area contributed by atoms with Gasteiger partial charge in [0, 0.05) is 23.9 Å². The van der Waals surface area contributed by atoms with E-state index in [0.29, 0.717) is 11.4 Å². The van der Waals surface area contributed by atoms with E-state index in [1.165, 1.54) is 0 Å². The second kappa shape index (κ2) is 6.17. The van der Waals surface area contributed by atoms with Crippen LogP contribution < -0.4 is 10.1 Å². The summed E-state index contributed by atoms with van der Waals surface area (Å²) in [4.78, 5) is 4.30. The molecule has 0 atom stereocenters. The number of hydrogen-bond acceptors (Lipinski definition) is 3. The van der Waals surface area contributed by atoms with Gasteiger partial charge in [-0.05, 0) is 28.9 Å². The zero-order valence-electron chi connectivity index (χ0n) is 11.0. The van der Waals surface area contributed by atoms with Gasteiger partial charge in [0.15, 0.2) is 0 Å². The minimum Gasteiger partial charge on any atom is -0.497 e. The summed E-state index contributed by atoms with van der Waals surface area (Å²) >= 11 is 2.93. The number of methoxy groups -OCH3 is 1. The van der Waals surface area contributed by atoms with Crippen molar-refractivity contribution in [2.24, 2.45) is 0 Å². The maximum atomic E-state index is 13.7. The summed E-state index contributed by atoms with van der Waals surface area (Å²) in [6, 6.07) is 5.73. The Morgan fingerprint density at radius 3 is 2.65 bits per heavy atom. The van der Waals surface area contributed by atoms with Crippen molar-refractivity contribution in [2.75, 3.05) is 12.4 Å². The Morgan fingerprint density at radius 2 is 1.95 bits per heavy atom. The number of aromatic nitrogens is 1. The zero-order chi connectivity index (χ0) is 14.7. The average molecular weight is 343 g/mol. The van der Waals surface area contributed by atoms with Crippen LogP contribution >= 0.6 is 15.9 Å². The van der Waals surface area contributed by atoms with Crippen molar-refractivity contribution >= 4 is 21.6 Å². The summed E-state index contributed by atoms with van der Waals surface area (Å²) in [6.07, 6.45) is 0. The predicted octanol–water partition coefficient (Wildman–Crippen LogP) is 4.05. The fraction of sp³-hybridized carbons (Fsp3) is 0.214. The molecule has 0 unspecified atom stereocenters. The minimum absolute atomic E-state index is 0.0907. The molecule has 20 heavy (non-hydrogen) atoms. The Kier molecular flexibility index (Phi) is 4.54. The molecule has 0 amide bonds. The SMILES string of the molecule is COc1cc(C)nc(CNc2cc(F)c(Br)cc2F)c1. The van der Waals surface area contributed by atoms with E-state index in [2.05, 4.69) is 26.2 Å². The van der Waals surface area contributed by atoms with Gasteiger partial charge in [0.05, 0.1) is 29.5 Å². The van der Waals surface area contributed by atoms with E-state index in [1.54, 1.807) is 19.2 Å². The molecule has 1 N–H and O–H groups in total. The predicted molar refractivity (Wildman–Crippen MR) is 76.9 cm³/mol. The molecule has 0 aliphatic heterocycles. The first-order chi connectivity index (χ1) is 9.49. The number of halogens is 3. The first-order valence-electron chi connectivity index (χ1n) is 5.89. The lowest BCUT2D eigenvalue weighted by atomic mass is 10.2. The van der Waals surface area contributed by atoms with Crippen molar-refractivity contribution in [3.8, 4) is 5.75 Å². The van der Waals surface area contributed by atoms with Gasteiger partial charge in [-0.3, -0.25) is 4.98 Å². The summed E-state index contributed by atoms with van der Waals surface area (Å²) in [5.74, 6) is -0.377. The van der Waals surface area contributed by atoms with Crippen LogP contribution in [0.5, 0.6) is 5.75 Å². The highest BCUT2D eigenvalue weighted by molar-refractivity contribution is 9.10. The fourth-order valence-electron chi connectivity index (χ4n) is 1.76. The number of anilines is 1. The quantitative estimate of drug-likeness (QED) is 0.851. The number of nitrogens with one attached hydrogen (secondary N) is 1. The summed E-state index contributed by atoms with van der Waals surface area (Å²) in [6.45, 7) is 2.11. The first-order valence-corrected chi connectivity index (χ1v) is 6.69. The molecule has 2 aromatic rings. The number of nitrogens with zero attached hydrogens (tertiary/aromatic N) is 1. The van der Waals surface area contributed by atoms with Crippen LogP contribution in [0.2, 0.25) is 0 Å². The van der Waals surface area contributed by atoms with Gasteiger partial charge < -0.3 is 10.1 Å². The molecule has 0 fully saturated rings. The van der Waals surface area contributed by atoms with Crippen molar-refractivity contribution in [1.82, 2.24) is 4.98 Å². The summed E-state index contributed by atoms with van der Waals surface area (Å²) in [5, 5.41) is 2.82. The van der Waals surface area contributed by atoms with Crippen LogP contribution in [0.1, 0.15) is 11.4 Å². The van der Waals surface area contributed by atoms with E-state index < -0.39 is 11.6 Å². The highest BCUT2D eigenvalue weighted by atomic mass is 79.9. The van der Waals surface area contributed by atoms with Crippen molar-refractivity contribution in [3.05, 3.63) is 51.8 Å². The third-order valence-corrected chi connectivity index (χ3v) is 3.29. The molecule has 0 saturated carbocycles. The summed E-state index contributed by atoms with van der Waals surface area (Å²) < 4.78 is 32.3. The molecule has 0 spiro atoms. The molecule has 0 bridgehead atoms. The van der Waals surface area contributed by atoms with Crippen molar-refractivity contribution in [2.45, 2.75) is 13.5 Å². The molecule has 0 aliphatic carbocycles. The lowest BCUT2D eigenvalue weighted by Crippen LogP contribution is -2.05. The monoisotopic (exact) mass is 342 g/mol. The van der Waals surface area contributed by atoms with Gasteiger partial charge in [-0.1, -0.05) is 0 Å². The van der Waals surface area contributed by atoms with Crippen LogP contribution in [0.25, 0.3) is 0 Å². The standard InChI is InChI=1S/C14H13BrF2N2O/c1-8-3-10(20-2)4-9(19-8)7-18-14-6-12(16)11(15)5-13(14)17/h3-6,18H,7H2,1-2H3. The molecule has 1 aromatic carbocycles. The van der Waals surface area contributed by atoms with Crippen LogP contribution in [-0.4, -0.2) is 12.1 Å². The Bertz CT molecular complexity index is 635. The number of pyridine rings is 1. The van der Waals surface area contributed by atoms with Crippen LogP contribution in [0.4, 0.5) is 14.5 Å². The van der Waals surface area contributed by atoms with Gasteiger partial charge in [-0.2, -0.15) is 0 Å². The Balaban J connectivity index is 2.16. The maximum Gasteiger partial charge on any atom is 0.147 e. The van der Waals surface area contributed by atoms with Gasteiger partial charge in [0.25, 0.3) is 0 Å². The second-order valence-corrected chi connectivity index (χ2v) is 5.09. The van der Waals surface area contributed by atoms with E-state index in [1.807, 2.05) is 6.92 Å². The number of benzene rings is 1. The molecular weight excluding hydrogens is 330 g/mol. The van der Waals surface area contributed by atoms with Gasteiger partial charge in [-0.25, -0.2) is 8.78 Å². The topological polar surface area (TPSA) is 34.1 Å². The fourth-order valence-corrected chi connectivity index (χ4v) is 2.07. The second-order valence-electron chi connectivity index (χ2n) is 4.24. The highest BCUT2D eigenvalue weighted by Crippen LogP contribution is 2.24. The molecule has 2 rings (SSSR count). The molecular formula is C14H13BrF2N2O. The zero-order valence-corrected chi connectivity index (χ0v) is 12.6. The van der Waals surface area contributed by atoms with Crippen molar-refractivity contribution in [3.63, 3.8) is 0 Å². The Morgan fingerprint density at radius 1 is 1.20 bits per heavy atom. The van der Waals surface area contributed by atoms with E-state index in [-0.39, 0.29) is 16.7 Å². The van der Waals surface area contributed by atoms with Gasteiger partial charge >= 0.3 is 0 Å². The molecule has 1 heterocycles. The van der Waals surface area contributed by atoms with Gasteiger partial charge in [0.1, 0.15) is 17.4 Å². The molecule has 1 aromatic heterocycles. The molecule has 0 saturated heterocycles. The lowest BCUT2D eigenvalue weighted by molar-refractivity contribution is 0.413. The first kappa shape index (κ1) is 14.7. The number of ether oxygens (including phenoxy) is 1. The van der Waals surface area contributed by atoms with Gasteiger partial charge in [0.2, 0.25) is 0 Å². The van der Waals surface area contributed by atoms with Crippen LogP contribution in [-0.2, 0) is 6.54 Å². The average Bonchev–Trinajstić information content (AvgIpc) is 2.40. The van der Waals surface area contributed by atoms with Crippen molar-refractivity contribution in [1.29, 1.82) is 0 Å². The smallest absolute Gasteiger partial charge is 0.147 e. The molecule has 106 valence electrons. The van der Waals surface area contributed by atoms with E-state index in [0.717, 1.165) is 17.8 Å². The lowest BCUT2D eigenvalue weighted by Gasteiger charge is -2.10. The summed E-state index contributed by atoms with van der Waals surface area (Å²) in [7, 11) is 1.57. The third kappa shape index (κ3) is 3.45.